The van der Waals surface area contributed by atoms with E-state index in [0.29, 0.717) is 6.61 Å². The maximum absolute atomic E-state index is 11.7. The number of rotatable bonds is 5. The van der Waals surface area contributed by atoms with Crippen LogP contribution in [0.5, 0.6) is 5.75 Å². The van der Waals surface area contributed by atoms with Gasteiger partial charge in [-0.15, -0.1) is 0 Å². The Balaban J connectivity index is 3.01. The Bertz CT molecular complexity index is 491. The molecule has 1 aromatic rings. The van der Waals surface area contributed by atoms with Crippen LogP contribution in [0.3, 0.4) is 0 Å². The van der Waals surface area contributed by atoms with Gasteiger partial charge in [0.15, 0.2) is 9.84 Å². The number of sulfone groups is 1. The van der Waals surface area contributed by atoms with Crippen molar-refractivity contribution in [3.05, 3.63) is 29.8 Å². The summed E-state index contributed by atoms with van der Waals surface area (Å²) in [5.41, 5.74) is 6.85. The Morgan fingerprint density at radius 3 is 2.17 bits per heavy atom. The molecule has 4 nitrogen and oxygen atoms in total. The summed E-state index contributed by atoms with van der Waals surface area (Å²) in [6, 6.07) is 6.66. The van der Waals surface area contributed by atoms with Crippen molar-refractivity contribution in [1.29, 1.82) is 0 Å². The Morgan fingerprint density at radius 2 is 1.78 bits per heavy atom. The van der Waals surface area contributed by atoms with Gasteiger partial charge in [0.2, 0.25) is 0 Å². The van der Waals surface area contributed by atoms with Crippen LogP contribution >= 0.6 is 0 Å². The maximum Gasteiger partial charge on any atom is 0.154 e. The quantitative estimate of drug-likeness (QED) is 0.888. The van der Waals surface area contributed by atoms with E-state index < -0.39 is 20.6 Å². The zero-order chi connectivity index (χ0) is 14.0. The van der Waals surface area contributed by atoms with Crippen LogP contribution in [0.25, 0.3) is 0 Å². The molecular weight excluding hydrogens is 250 g/mol. The van der Waals surface area contributed by atoms with E-state index >= 15 is 0 Å². The lowest BCUT2D eigenvalue weighted by atomic mass is 9.96. The first kappa shape index (κ1) is 15.0. The molecule has 18 heavy (non-hydrogen) atoms. The van der Waals surface area contributed by atoms with Gasteiger partial charge in [-0.1, -0.05) is 12.1 Å². The van der Waals surface area contributed by atoms with E-state index in [9.17, 15) is 8.42 Å². The minimum absolute atomic E-state index is 0.567. The number of benzene rings is 1. The van der Waals surface area contributed by atoms with Gasteiger partial charge in [-0.05, 0) is 38.5 Å². The summed E-state index contributed by atoms with van der Waals surface area (Å²) in [4.78, 5) is 0. The van der Waals surface area contributed by atoms with Crippen molar-refractivity contribution in [1.82, 2.24) is 0 Å². The Hall–Kier alpha value is -1.07. The van der Waals surface area contributed by atoms with E-state index in [2.05, 4.69) is 0 Å². The number of hydrogen-bond acceptors (Lipinski definition) is 4. The summed E-state index contributed by atoms with van der Waals surface area (Å²) >= 11 is 0. The molecule has 0 aromatic heterocycles. The van der Waals surface area contributed by atoms with Crippen molar-refractivity contribution in [2.45, 2.75) is 31.6 Å². The van der Waals surface area contributed by atoms with Gasteiger partial charge in [0.1, 0.15) is 5.75 Å². The third-order valence-corrected chi connectivity index (χ3v) is 5.42. The third kappa shape index (κ3) is 3.03. The third-order valence-electron chi connectivity index (χ3n) is 3.25. The largest absolute Gasteiger partial charge is 0.494 e. The molecule has 0 fully saturated rings. The van der Waals surface area contributed by atoms with Gasteiger partial charge in [0.25, 0.3) is 0 Å². The van der Waals surface area contributed by atoms with Crippen LogP contribution in [0, 0.1) is 0 Å². The molecule has 0 amide bonds. The summed E-state index contributed by atoms with van der Waals surface area (Å²) in [5.74, 6) is 0.755. The van der Waals surface area contributed by atoms with Crippen LogP contribution in [0.15, 0.2) is 24.3 Å². The second-order valence-electron chi connectivity index (χ2n) is 4.86. The molecule has 0 radical (unpaired) electrons. The van der Waals surface area contributed by atoms with Gasteiger partial charge in [-0.3, -0.25) is 0 Å². The summed E-state index contributed by atoms with van der Waals surface area (Å²) in [5, 5.41) is 0. The van der Waals surface area contributed by atoms with Crippen molar-refractivity contribution in [2.75, 3.05) is 12.9 Å². The summed E-state index contributed by atoms with van der Waals surface area (Å²) < 4.78 is 27.8. The van der Waals surface area contributed by atoms with Crippen LogP contribution in [0.4, 0.5) is 0 Å². The summed E-state index contributed by atoms with van der Waals surface area (Å²) in [6.07, 6.45) is 1.21. The van der Waals surface area contributed by atoms with Gasteiger partial charge in [0.05, 0.1) is 11.4 Å². The number of ether oxygens (including phenoxy) is 1. The van der Waals surface area contributed by atoms with Crippen LogP contribution in [0.1, 0.15) is 32.4 Å². The molecule has 0 bridgehead atoms. The van der Waals surface area contributed by atoms with E-state index in [-0.39, 0.29) is 0 Å². The fourth-order valence-electron chi connectivity index (χ4n) is 1.57. The first-order valence-electron chi connectivity index (χ1n) is 5.88. The first-order chi connectivity index (χ1) is 8.20. The molecule has 0 aliphatic carbocycles. The molecule has 2 N–H and O–H groups in total. The van der Waals surface area contributed by atoms with Crippen LogP contribution < -0.4 is 10.5 Å². The molecule has 0 saturated heterocycles. The molecule has 0 saturated carbocycles. The zero-order valence-electron chi connectivity index (χ0n) is 11.3. The van der Waals surface area contributed by atoms with E-state index in [4.69, 9.17) is 10.5 Å². The predicted octanol–water partition coefficient (Wildman–Crippen LogP) is 1.91. The van der Waals surface area contributed by atoms with E-state index in [0.717, 1.165) is 11.3 Å². The molecule has 0 spiro atoms. The molecule has 1 rings (SSSR count). The SMILES string of the molecule is CCOc1ccc(C(N)C(C)(C)S(C)(=O)=O)cc1. The molecule has 5 heteroatoms. The first-order valence-corrected chi connectivity index (χ1v) is 7.77. The highest BCUT2D eigenvalue weighted by atomic mass is 32.2. The molecule has 0 heterocycles. The van der Waals surface area contributed by atoms with E-state index in [1.807, 2.05) is 19.1 Å². The molecule has 1 atom stereocenters. The lowest BCUT2D eigenvalue weighted by Crippen LogP contribution is -2.42. The van der Waals surface area contributed by atoms with Gasteiger partial charge in [-0.2, -0.15) is 0 Å². The smallest absolute Gasteiger partial charge is 0.154 e. The Kier molecular flexibility index (Phi) is 4.40. The predicted molar refractivity (Wildman–Crippen MR) is 73.5 cm³/mol. The van der Waals surface area contributed by atoms with Gasteiger partial charge in [0, 0.05) is 12.3 Å². The highest BCUT2D eigenvalue weighted by Crippen LogP contribution is 2.30. The summed E-state index contributed by atoms with van der Waals surface area (Å²) in [7, 11) is -3.23. The number of nitrogens with two attached hydrogens (primary N) is 1. The van der Waals surface area contributed by atoms with E-state index in [1.54, 1.807) is 26.0 Å². The lowest BCUT2D eigenvalue weighted by molar-refractivity contribution is 0.340. The zero-order valence-corrected chi connectivity index (χ0v) is 12.1. The molecule has 1 aromatic carbocycles. The maximum atomic E-state index is 11.7. The van der Waals surface area contributed by atoms with Gasteiger partial charge in [-0.25, -0.2) is 8.42 Å². The van der Waals surface area contributed by atoms with E-state index in [1.165, 1.54) is 6.26 Å². The summed E-state index contributed by atoms with van der Waals surface area (Å²) in [6.45, 7) is 5.79. The van der Waals surface area contributed by atoms with Gasteiger partial charge < -0.3 is 10.5 Å². The average Bonchev–Trinajstić information content (AvgIpc) is 2.28. The monoisotopic (exact) mass is 271 g/mol. The topological polar surface area (TPSA) is 69.4 Å². The van der Waals surface area contributed by atoms with Crippen LogP contribution in [0.2, 0.25) is 0 Å². The Morgan fingerprint density at radius 1 is 1.28 bits per heavy atom. The van der Waals surface area contributed by atoms with Crippen molar-refractivity contribution < 1.29 is 13.2 Å². The second-order valence-corrected chi connectivity index (χ2v) is 7.45. The van der Waals surface area contributed by atoms with Crippen LogP contribution in [-0.4, -0.2) is 26.0 Å². The van der Waals surface area contributed by atoms with Crippen molar-refractivity contribution in [3.63, 3.8) is 0 Å². The molecule has 102 valence electrons. The fraction of sp³-hybridized carbons (Fsp3) is 0.538. The minimum Gasteiger partial charge on any atom is -0.494 e. The highest BCUT2D eigenvalue weighted by molar-refractivity contribution is 7.92. The molecular formula is C13H21NO3S. The fourth-order valence-corrected chi connectivity index (χ4v) is 2.17. The van der Waals surface area contributed by atoms with Crippen molar-refractivity contribution >= 4 is 9.84 Å². The van der Waals surface area contributed by atoms with Crippen molar-refractivity contribution in [2.24, 2.45) is 5.73 Å². The molecule has 0 aliphatic heterocycles. The van der Waals surface area contributed by atoms with Crippen LogP contribution in [-0.2, 0) is 9.84 Å². The van der Waals surface area contributed by atoms with Gasteiger partial charge >= 0.3 is 0 Å². The van der Waals surface area contributed by atoms with Crippen molar-refractivity contribution in [3.8, 4) is 5.75 Å². The molecule has 1 unspecified atom stereocenters. The molecule has 0 aliphatic rings. The minimum atomic E-state index is -3.23. The average molecular weight is 271 g/mol. The highest BCUT2D eigenvalue weighted by Gasteiger charge is 2.37. The lowest BCUT2D eigenvalue weighted by Gasteiger charge is -2.30. The second kappa shape index (κ2) is 5.28. The Labute approximate surface area is 109 Å². The standard InChI is InChI=1S/C13H21NO3S/c1-5-17-11-8-6-10(7-9-11)12(14)13(2,3)18(4,15)16/h6-9,12H,5,14H2,1-4H3. The normalized spacial score (nSPS) is 14.3. The number of hydrogen-bond donors (Lipinski definition) is 1.